The molecule has 0 saturated heterocycles. The number of carbonyl (C=O) groups excluding carboxylic acids is 1. The summed E-state index contributed by atoms with van der Waals surface area (Å²) in [6.07, 6.45) is 28.0. The molecule has 2 atom stereocenters. The van der Waals surface area contributed by atoms with Crippen LogP contribution in [0.5, 0.6) is 0 Å². The van der Waals surface area contributed by atoms with E-state index in [1.54, 1.807) is 6.08 Å². The van der Waals surface area contributed by atoms with Crippen molar-refractivity contribution in [3.05, 3.63) is 91.0 Å². The molecule has 0 saturated carbocycles. The van der Waals surface area contributed by atoms with Crippen LogP contribution >= 0.6 is 7.14 Å². The number of hydrogen-bond donors (Lipinski definition) is 3. The van der Waals surface area contributed by atoms with Crippen molar-refractivity contribution >= 4 is 41.8 Å². The van der Waals surface area contributed by atoms with Crippen LogP contribution in [-0.4, -0.2) is 67.5 Å². The maximum Gasteiger partial charge on any atom is 0.239 e. The van der Waals surface area contributed by atoms with E-state index >= 15 is 0 Å². The number of rotatable bonds is 24. The summed E-state index contributed by atoms with van der Waals surface area (Å²) < 4.78 is 14.5. The fraction of sp³-hybridized carbons (Fsp3) is 0.543. The Balaban J connectivity index is 0.00000784. The molecule has 3 aromatic rings. The predicted octanol–water partition coefficient (Wildman–Crippen LogP) is 9.61. The van der Waals surface area contributed by atoms with Crippen molar-refractivity contribution in [1.82, 2.24) is 5.32 Å². The van der Waals surface area contributed by atoms with Crippen LogP contribution in [0, 0.1) is 7.43 Å². The van der Waals surface area contributed by atoms with Crippen molar-refractivity contribution in [2.45, 2.75) is 122 Å². The number of carbonyl (C=O) groups is 1. The number of allylic oxidation sites excluding steroid dienone is 1. The van der Waals surface area contributed by atoms with Gasteiger partial charge in [0.25, 0.3) is 0 Å². The number of unbranched alkanes of at least 4 members (excludes halogenated alkanes) is 11. The molecule has 0 spiro atoms. The average Bonchev–Trinajstić information content (AvgIpc) is 3.14. The van der Waals surface area contributed by atoms with Crippen LogP contribution in [0.1, 0.15) is 114 Å². The molecular formula is C46H70N3O4P. The van der Waals surface area contributed by atoms with Crippen molar-refractivity contribution in [2.75, 3.05) is 44.1 Å². The molecule has 2 aromatic carbocycles. The number of benzene rings is 2. The summed E-state index contributed by atoms with van der Waals surface area (Å²) in [4.78, 5) is 15.2. The summed E-state index contributed by atoms with van der Waals surface area (Å²) in [5.41, 5.74) is 5.71. The maximum atomic E-state index is 13.1. The van der Waals surface area contributed by atoms with Gasteiger partial charge in [0.2, 0.25) is 11.4 Å². The number of nitrogens with zero attached hydrogens (tertiary/aromatic N) is 2. The standard InChI is InChI=1S/C45H66N3O4P.CH3/c1-4-5-6-7-8-9-10-11-12-13-14-15-16-24-44(50)41(36-49)46-45(51)35-48-30-19-21-39-34-37(26-28-42(39)48)25-27-38-29-32-47(31-20-33-53(2,3)52)43-23-18-17-22-40(38)43;/h16-18,22-29,32,34,41,44,49-50H,4-15,19-21,30-31,33,35-36H2,1-3H3;1H3/q;-1/p+1/b24-16+;. The van der Waals surface area contributed by atoms with Crippen LogP contribution in [0.2, 0.25) is 0 Å². The fourth-order valence-corrected chi connectivity index (χ4v) is 8.28. The molecule has 1 amide bonds. The van der Waals surface area contributed by atoms with E-state index in [0.717, 1.165) is 68.2 Å². The summed E-state index contributed by atoms with van der Waals surface area (Å²) in [5.74, 6) is -0.203. The van der Waals surface area contributed by atoms with Gasteiger partial charge in [0.1, 0.15) is 6.54 Å². The van der Waals surface area contributed by atoms with Crippen LogP contribution in [0.4, 0.5) is 5.69 Å². The van der Waals surface area contributed by atoms with Gasteiger partial charge in [-0.15, -0.1) is 0 Å². The number of aliphatic hydroxyl groups is 2. The van der Waals surface area contributed by atoms with Crippen molar-refractivity contribution in [2.24, 2.45) is 0 Å². The van der Waals surface area contributed by atoms with Gasteiger partial charge in [-0.25, -0.2) is 0 Å². The van der Waals surface area contributed by atoms with Crippen LogP contribution in [0.3, 0.4) is 0 Å². The zero-order chi connectivity index (χ0) is 37.9. The number of para-hydroxylation sites is 1. The molecule has 1 aliphatic rings. The molecule has 1 aromatic heterocycles. The lowest BCUT2D eigenvalue weighted by Crippen LogP contribution is -2.49. The zero-order valence-corrected chi connectivity index (χ0v) is 34.7. The molecular weight excluding hydrogens is 689 g/mol. The van der Waals surface area contributed by atoms with Gasteiger partial charge in [-0.1, -0.05) is 114 Å². The van der Waals surface area contributed by atoms with Gasteiger partial charge >= 0.3 is 0 Å². The number of fused-ring (bicyclic) bond motifs is 2. The Morgan fingerprint density at radius 1 is 0.944 bits per heavy atom. The van der Waals surface area contributed by atoms with Crippen molar-refractivity contribution in [3.8, 4) is 0 Å². The molecule has 0 fully saturated rings. The second kappa shape index (κ2) is 24.3. The topological polar surface area (TPSA) is 93.8 Å². The van der Waals surface area contributed by atoms with E-state index in [1.165, 1.54) is 80.7 Å². The Morgan fingerprint density at radius 3 is 2.35 bits per heavy atom. The Hall–Kier alpha value is -3.25. The Labute approximate surface area is 327 Å². The molecule has 1 aliphatic heterocycles. The Kier molecular flexibility index (Phi) is 20.3. The number of aromatic nitrogens is 1. The number of pyridine rings is 1. The molecule has 298 valence electrons. The largest absolute Gasteiger partial charge is 0.394 e. The number of aliphatic hydroxyl groups excluding tert-OH is 2. The molecule has 3 N–H and O–H groups in total. The summed E-state index contributed by atoms with van der Waals surface area (Å²) in [6, 6.07) is 16.3. The minimum atomic E-state index is -2.03. The summed E-state index contributed by atoms with van der Waals surface area (Å²) >= 11 is 0. The van der Waals surface area contributed by atoms with Crippen molar-refractivity contribution < 1.29 is 24.1 Å². The molecule has 0 bridgehead atoms. The number of nitrogens with one attached hydrogen (secondary N) is 1. The molecule has 0 radical (unpaired) electrons. The lowest BCUT2D eigenvalue weighted by atomic mass is 9.98. The third kappa shape index (κ3) is 15.5. The normalized spacial score (nSPS) is 14.4. The monoisotopic (exact) mass is 760 g/mol. The van der Waals surface area contributed by atoms with E-state index in [4.69, 9.17) is 0 Å². The average molecular weight is 760 g/mol. The number of aryl methyl sites for hydroxylation is 2. The summed E-state index contributed by atoms with van der Waals surface area (Å²) in [6.45, 7) is 7.46. The summed E-state index contributed by atoms with van der Waals surface area (Å²) in [5, 5.41) is 24.7. The van der Waals surface area contributed by atoms with Gasteiger partial charge in [0, 0.05) is 36.9 Å². The Morgan fingerprint density at radius 2 is 1.65 bits per heavy atom. The minimum absolute atomic E-state index is 0. The first-order valence-electron chi connectivity index (χ1n) is 20.4. The SMILES string of the molecule is CCCCCCCCCCCCC/C=C/C(O)C(CO)NC(=O)CN1CCCc2cc(C=Cc3cc[n+](CCCP(C)(C)=O)c4ccccc34)ccc21.[CH3-]. The Bertz CT molecular complexity index is 1660. The molecule has 2 unspecified atom stereocenters. The molecule has 8 heteroatoms. The molecule has 2 heterocycles. The first kappa shape index (κ1) is 45.1. The van der Waals surface area contributed by atoms with Crippen LogP contribution < -0.4 is 14.8 Å². The quantitative estimate of drug-likeness (QED) is 0.0278. The van der Waals surface area contributed by atoms with Crippen molar-refractivity contribution in [1.29, 1.82) is 0 Å². The van der Waals surface area contributed by atoms with E-state index in [2.05, 4.69) is 88.6 Å². The van der Waals surface area contributed by atoms with Crippen LogP contribution in [-0.2, 0) is 22.3 Å². The second-order valence-corrected chi connectivity index (χ2v) is 19.1. The number of hydrogen-bond acceptors (Lipinski definition) is 5. The van der Waals surface area contributed by atoms with Crippen LogP contribution in [0.25, 0.3) is 23.1 Å². The predicted molar refractivity (Wildman–Crippen MR) is 231 cm³/mol. The van der Waals surface area contributed by atoms with E-state index in [0.29, 0.717) is 0 Å². The van der Waals surface area contributed by atoms with E-state index in [-0.39, 0.29) is 26.5 Å². The van der Waals surface area contributed by atoms with Gasteiger partial charge in [-0.3, -0.25) is 4.79 Å². The third-order valence-electron chi connectivity index (χ3n) is 10.4. The van der Waals surface area contributed by atoms with E-state index < -0.39 is 19.3 Å². The van der Waals surface area contributed by atoms with Gasteiger partial charge in [-0.2, -0.15) is 4.57 Å². The smallest absolute Gasteiger partial charge is 0.239 e. The van der Waals surface area contributed by atoms with Crippen LogP contribution in [0.15, 0.2) is 66.9 Å². The maximum absolute atomic E-state index is 13.1. The summed E-state index contributed by atoms with van der Waals surface area (Å²) in [7, 11) is -2.03. The highest BCUT2D eigenvalue weighted by Crippen LogP contribution is 2.36. The highest BCUT2D eigenvalue weighted by atomic mass is 31.2. The van der Waals surface area contributed by atoms with E-state index in [1.807, 2.05) is 19.4 Å². The lowest BCUT2D eigenvalue weighted by Gasteiger charge is -2.31. The van der Waals surface area contributed by atoms with Gasteiger partial charge < -0.3 is 32.4 Å². The first-order valence-corrected chi connectivity index (χ1v) is 23.2. The molecule has 0 aliphatic carbocycles. The number of anilines is 1. The molecule has 4 rings (SSSR count). The van der Waals surface area contributed by atoms with Gasteiger partial charge in [-0.05, 0) is 73.9 Å². The highest BCUT2D eigenvalue weighted by Gasteiger charge is 2.23. The first-order chi connectivity index (χ1) is 25.7. The number of amides is 1. The fourth-order valence-electron chi connectivity index (χ4n) is 7.38. The lowest BCUT2D eigenvalue weighted by molar-refractivity contribution is -0.671. The minimum Gasteiger partial charge on any atom is -0.394 e. The van der Waals surface area contributed by atoms with E-state index in [9.17, 15) is 19.6 Å². The van der Waals surface area contributed by atoms with Gasteiger partial charge in [0.15, 0.2) is 6.20 Å². The third-order valence-corrected chi connectivity index (χ3v) is 11.8. The molecule has 7 nitrogen and oxygen atoms in total. The van der Waals surface area contributed by atoms with Gasteiger partial charge in [0.05, 0.1) is 37.8 Å². The molecule has 54 heavy (non-hydrogen) atoms. The zero-order valence-electron chi connectivity index (χ0n) is 33.9. The highest BCUT2D eigenvalue weighted by molar-refractivity contribution is 7.62. The van der Waals surface area contributed by atoms with Crippen molar-refractivity contribution in [3.63, 3.8) is 0 Å². The second-order valence-electron chi connectivity index (χ2n) is 15.5.